The molecule has 2 rings (SSSR count). The van der Waals surface area contributed by atoms with Gasteiger partial charge in [0, 0.05) is 16.7 Å². The van der Waals surface area contributed by atoms with Crippen molar-refractivity contribution in [1.29, 1.82) is 0 Å². The molecular weight excluding hydrogens is 431 g/mol. The predicted molar refractivity (Wildman–Crippen MR) is 107 cm³/mol. The molecule has 0 aliphatic rings. The Hall–Kier alpha value is -1.80. The zero-order valence-electron chi connectivity index (χ0n) is 14.9. The summed E-state index contributed by atoms with van der Waals surface area (Å²) >= 11 is 2.13. The largest absolute Gasteiger partial charge is 0.493 e. The van der Waals surface area contributed by atoms with Crippen molar-refractivity contribution in [2.45, 2.75) is 13.1 Å². The van der Waals surface area contributed by atoms with Gasteiger partial charge < -0.3 is 19.7 Å². The van der Waals surface area contributed by atoms with Crippen molar-refractivity contribution in [2.75, 3.05) is 28.3 Å². The van der Waals surface area contributed by atoms with E-state index in [9.17, 15) is 4.79 Å². The third-order valence-corrected chi connectivity index (χ3v) is 4.65. The Morgan fingerprint density at radius 1 is 1.08 bits per heavy atom. The number of nitrogens with one attached hydrogen (secondary N) is 1. The van der Waals surface area contributed by atoms with E-state index in [0.29, 0.717) is 23.6 Å². The van der Waals surface area contributed by atoms with Crippen molar-refractivity contribution in [3.8, 4) is 11.5 Å². The molecule has 0 aromatic heterocycles. The molecule has 1 amide bonds. The molecule has 0 saturated heterocycles. The van der Waals surface area contributed by atoms with Gasteiger partial charge >= 0.3 is 0 Å². The summed E-state index contributed by atoms with van der Waals surface area (Å²) in [6.45, 7) is 1.31. The Balaban J connectivity index is 2.16. The Bertz CT molecular complexity index is 747. The highest BCUT2D eigenvalue weighted by atomic mass is 127. The van der Waals surface area contributed by atoms with Gasteiger partial charge in [0.05, 0.1) is 19.8 Å². The first kappa shape index (κ1) is 19.5. The van der Waals surface area contributed by atoms with E-state index in [1.54, 1.807) is 26.4 Å². The van der Waals surface area contributed by atoms with E-state index in [-0.39, 0.29) is 5.91 Å². The monoisotopic (exact) mass is 454 g/mol. The third-order valence-electron chi connectivity index (χ3n) is 3.76. The minimum Gasteiger partial charge on any atom is -0.493 e. The number of nitrogens with zero attached hydrogens (tertiary/aromatic N) is 1. The fourth-order valence-corrected chi connectivity index (χ4v) is 3.21. The molecule has 0 bridgehead atoms. The highest BCUT2D eigenvalue weighted by Crippen LogP contribution is 2.31. The summed E-state index contributed by atoms with van der Waals surface area (Å²) in [4.78, 5) is 14.7. The number of hydrogen-bond acceptors (Lipinski definition) is 4. The van der Waals surface area contributed by atoms with Crippen molar-refractivity contribution < 1.29 is 14.3 Å². The summed E-state index contributed by atoms with van der Waals surface area (Å²) in [5, 5.41) is 3.00. The van der Waals surface area contributed by atoms with Crippen LogP contribution < -0.4 is 14.8 Å². The first-order valence-corrected chi connectivity index (χ1v) is 8.95. The van der Waals surface area contributed by atoms with Gasteiger partial charge in [0.1, 0.15) is 0 Å². The second-order valence-electron chi connectivity index (χ2n) is 5.88. The van der Waals surface area contributed by atoms with E-state index in [1.807, 2.05) is 32.3 Å². The van der Waals surface area contributed by atoms with Gasteiger partial charge in [0.25, 0.3) is 5.91 Å². The number of benzene rings is 2. The van der Waals surface area contributed by atoms with Crippen LogP contribution in [0.1, 0.15) is 21.5 Å². The van der Waals surface area contributed by atoms with Gasteiger partial charge in [-0.15, -0.1) is 0 Å². The van der Waals surface area contributed by atoms with Crippen molar-refractivity contribution >= 4 is 28.5 Å². The summed E-state index contributed by atoms with van der Waals surface area (Å²) in [6, 6.07) is 11.6. The molecule has 2 aromatic rings. The van der Waals surface area contributed by atoms with E-state index < -0.39 is 0 Å². The summed E-state index contributed by atoms with van der Waals surface area (Å²) in [6.07, 6.45) is 0. The highest BCUT2D eigenvalue weighted by molar-refractivity contribution is 14.1. The molecule has 134 valence electrons. The van der Waals surface area contributed by atoms with Crippen LogP contribution in [-0.2, 0) is 13.1 Å². The molecule has 0 atom stereocenters. The lowest BCUT2D eigenvalue weighted by atomic mass is 10.1. The van der Waals surface area contributed by atoms with E-state index in [2.05, 4.69) is 38.9 Å². The van der Waals surface area contributed by atoms with Crippen LogP contribution in [0.3, 0.4) is 0 Å². The van der Waals surface area contributed by atoms with Crippen LogP contribution in [0.25, 0.3) is 0 Å². The van der Waals surface area contributed by atoms with E-state index in [0.717, 1.165) is 15.7 Å². The lowest BCUT2D eigenvalue weighted by Crippen LogP contribution is -2.25. The Labute approximate surface area is 162 Å². The van der Waals surface area contributed by atoms with Gasteiger partial charge in [0.15, 0.2) is 11.5 Å². The molecule has 25 heavy (non-hydrogen) atoms. The standard InChI is InChI=1S/C19H23IN2O3/c1-22(2)12-14-8-6-5-7-13(14)11-21-19(23)15-9-17(24-3)18(25-4)10-16(15)20/h5-10H,11-12H2,1-4H3,(H,21,23). The summed E-state index contributed by atoms with van der Waals surface area (Å²) in [5.41, 5.74) is 2.89. The van der Waals surface area contributed by atoms with Gasteiger partial charge in [-0.3, -0.25) is 4.79 Å². The maximum absolute atomic E-state index is 12.6. The fourth-order valence-electron chi connectivity index (χ4n) is 2.52. The second kappa shape index (κ2) is 9.05. The zero-order valence-corrected chi connectivity index (χ0v) is 17.1. The first-order valence-electron chi connectivity index (χ1n) is 7.87. The van der Waals surface area contributed by atoms with Gasteiger partial charge in [-0.25, -0.2) is 0 Å². The maximum Gasteiger partial charge on any atom is 0.252 e. The molecular formula is C19H23IN2O3. The van der Waals surface area contributed by atoms with Crippen molar-refractivity contribution in [3.05, 3.63) is 56.7 Å². The number of carbonyl (C=O) groups is 1. The summed E-state index contributed by atoms with van der Waals surface area (Å²) in [5.74, 6) is 1.02. The van der Waals surface area contributed by atoms with E-state index >= 15 is 0 Å². The fraction of sp³-hybridized carbons (Fsp3) is 0.316. The summed E-state index contributed by atoms with van der Waals surface area (Å²) < 4.78 is 11.4. The number of ether oxygens (including phenoxy) is 2. The molecule has 0 spiro atoms. The van der Waals surface area contributed by atoms with Gasteiger partial charge in [-0.05, 0) is 59.9 Å². The molecule has 0 unspecified atom stereocenters. The predicted octanol–water partition coefficient (Wildman–Crippen LogP) is 3.30. The first-order chi connectivity index (χ1) is 12.0. The Morgan fingerprint density at radius 3 is 2.28 bits per heavy atom. The second-order valence-corrected chi connectivity index (χ2v) is 7.04. The summed E-state index contributed by atoms with van der Waals surface area (Å²) in [7, 11) is 7.20. The smallest absolute Gasteiger partial charge is 0.252 e. The van der Waals surface area contributed by atoms with Crippen LogP contribution in [0.15, 0.2) is 36.4 Å². The van der Waals surface area contributed by atoms with Gasteiger partial charge in [-0.2, -0.15) is 0 Å². The van der Waals surface area contributed by atoms with Crippen LogP contribution in [0.5, 0.6) is 11.5 Å². The molecule has 6 heteroatoms. The maximum atomic E-state index is 12.6. The number of carbonyl (C=O) groups excluding carboxylic acids is 1. The third kappa shape index (κ3) is 5.09. The van der Waals surface area contributed by atoms with Crippen molar-refractivity contribution in [1.82, 2.24) is 10.2 Å². The number of rotatable bonds is 7. The molecule has 0 radical (unpaired) electrons. The molecule has 1 N–H and O–H groups in total. The Morgan fingerprint density at radius 2 is 1.68 bits per heavy atom. The van der Waals surface area contributed by atoms with Crippen molar-refractivity contribution in [3.63, 3.8) is 0 Å². The average Bonchev–Trinajstić information content (AvgIpc) is 2.59. The minimum atomic E-state index is -0.134. The number of halogens is 1. The number of hydrogen-bond donors (Lipinski definition) is 1. The SMILES string of the molecule is COc1cc(I)c(C(=O)NCc2ccccc2CN(C)C)cc1OC. The molecule has 0 aliphatic heterocycles. The topological polar surface area (TPSA) is 50.8 Å². The number of methoxy groups -OCH3 is 2. The lowest BCUT2D eigenvalue weighted by molar-refractivity contribution is 0.0949. The van der Waals surface area contributed by atoms with Gasteiger partial charge in [0.2, 0.25) is 0 Å². The minimum absolute atomic E-state index is 0.134. The van der Waals surface area contributed by atoms with Crippen molar-refractivity contribution in [2.24, 2.45) is 0 Å². The van der Waals surface area contributed by atoms with Crippen LogP contribution >= 0.6 is 22.6 Å². The van der Waals surface area contributed by atoms with Crippen LogP contribution in [-0.4, -0.2) is 39.1 Å². The highest BCUT2D eigenvalue weighted by Gasteiger charge is 2.15. The molecule has 0 heterocycles. The van der Waals surface area contributed by atoms with Crippen LogP contribution in [0.2, 0.25) is 0 Å². The Kier molecular flexibility index (Phi) is 7.07. The molecule has 5 nitrogen and oxygen atoms in total. The van der Waals surface area contributed by atoms with E-state index in [4.69, 9.17) is 9.47 Å². The average molecular weight is 454 g/mol. The molecule has 2 aromatic carbocycles. The molecule has 0 aliphatic carbocycles. The molecule has 0 saturated carbocycles. The van der Waals surface area contributed by atoms with Crippen LogP contribution in [0.4, 0.5) is 0 Å². The van der Waals surface area contributed by atoms with Gasteiger partial charge in [-0.1, -0.05) is 24.3 Å². The van der Waals surface area contributed by atoms with Crippen LogP contribution in [0, 0.1) is 3.57 Å². The lowest BCUT2D eigenvalue weighted by Gasteiger charge is -2.15. The zero-order chi connectivity index (χ0) is 18.4. The number of amides is 1. The quantitative estimate of drug-likeness (QED) is 0.653. The molecule has 0 fully saturated rings. The van der Waals surface area contributed by atoms with E-state index in [1.165, 1.54) is 5.56 Å². The normalized spacial score (nSPS) is 10.6.